The topological polar surface area (TPSA) is 38.8 Å². The summed E-state index contributed by atoms with van der Waals surface area (Å²) in [5.74, 6) is 0.233. The van der Waals surface area contributed by atoms with Crippen LogP contribution in [0.15, 0.2) is 24.3 Å². The maximum atomic E-state index is 13.3. The standard InChI is InChI=1S/C19H24FNO3/c20-16-3-1-2-14(8-16)9-17-10-19(13-24-17)11-21(12-19)18(22)15-4-6-23-7-5-15/h1-3,8,15,17H,4-7,9-13H2/t17-/m1/s1. The van der Waals surface area contributed by atoms with Crippen LogP contribution in [-0.2, 0) is 20.7 Å². The van der Waals surface area contributed by atoms with E-state index in [0.29, 0.717) is 19.8 Å². The van der Waals surface area contributed by atoms with Gasteiger partial charge in [0.2, 0.25) is 5.91 Å². The van der Waals surface area contributed by atoms with E-state index < -0.39 is 0 Å². The van der Waals surface area contributed by atoms with Crippen LogP contribution < -0.4 is 0 Å². The van der Waals surface area contributed by atoms with E-state index >= 15 is 0 Å². The molecule has 1 spiro atoms. The first-order chi connectivity index (χ1) is 11.6. The van der Waals surface area contributed by atoms with Crippen LogP contribution in [-0.4, -0.2) is 49.8 Å². The number of hydrogen-bond donors (Lipinski definition) is 0. The van der Waals surface area contributed by atoms with E-state index in [9.17, 15) is 9.18 Å². The average Bonchev–Trinajstić information content (AvgIpc) is 2.98. The fraction of sp³-hybridized carbons (Fsp3) is 0.632. The summed E-state index contributed by atoms with van der Waals surface area (Å²) in [5, 5.41) is 0. The first kappa shape index (κ1) is 16.0. The summed E-state index contributed by atoms with van der Waals surface area (Å²) in [6.45, 7) is 3.73. The molecule has 3 aliphatic heterocycles. The average molecular weight is 333 g/mol. The SMILES string of the molecule is O=C(C1CCOCC1)N1CC2(CO[C@H](Cc3cccc(F)c3)C2)C1. The predicted octanol–water partition coefficient (Wildman–Crippen LogP) is 2.41. The van der Waals surface area contributed by atoms with E-state index in [1.54, 1.807) is 12.1 Å². The Balaban J connectivity index is 1.29. The normalized spacial score (nSPS) is 26.5. The summed E-state index contributed by atoms with van der Waals surface area (Å²) < 4.78 is 24.6. The Morgan fingerprint density at radius 1 is 1.29 bits per heavy atom. The van der Waals surface area contributed by atoms with Crippen LogP contribution in [0, 0.1) is 17.2 Å². The van der Waals surface area contributed by atoms with Gasteiger partial charge in [-0.2, -0.15) is 0 Å². The number of halogens is 1. The Morgan fingerprint density at radius 3 is 2.83 bits per heavy atom. The van der Waals surface area contributed by atoms with Gasteiger partial charge in [0, 0.05) is 37.6 Å². The number of nitrogens with zero attached hydrogens (tertiary/aromatic N) is 1. The second-order valence-corrected chi connectivity index (χ2v) is 7.55. The lowest BCUT2D eigenvalue weighted by molar-refractivity contribution is -0.150. The second kappa shape index (κ2) is 6.45. The molecule has 0 unspecified atom stereocenters. The molecule has 0 N–H and O–H groups in total. The van der Waals surface area contributed by atoms with Crippen molar-refractivity contribution in [3.8, 4) is 0 Å². The minimum Gasteiger partial charge on any atom is -0.381 e. The lowest BCUT2D eigenvalue weighted by Gasteiger charge is -2.48. The molecule has 4 rings (SSSR count). The van der Waals surface area contributed by atoms with Crippen LogP contribution >= 0.6 is 0 Å². The van der Waals surface area contributed by atoms with Crippen molar-refractivity contribution in [2.75, 3.05) is 32.9 Å². The summed E-state index contributed by atoms with van der Waals surface area (Å²) >= 11 is 0. The summed E-state index contributed by atoms with van der Waals surface area (Å²) in [6, 6.07) is 6.73. The third kappa shape index (κ3) is 3.20. The van der Waals surface area contributed by atoms with E-state index in [4.69, 9.17) is 9.47 Å². The van der Waals surface area contributed by atoms with Crippen molar-refractivity contribution < 1.29 is 18.7 Å². The minimum absolute atomic E-state index is 0.124. The van der Waals surface area contributed by atoms with Gasteiger partial charge in [-0.1, -0.05) is 12.1 Å². The molecule has 5 heteroatoms. The van der Waals surface area contributed by atoms with Gasteiger partial charge < -0.3 is 14.4 Å². The third-order valence-corrected chi connectivity index (χ3v) is 5.57. The Kier molecular flexibility index (Phi) is 4.31. The number of rotatable bonds is 3. The molecule has 0 radical (unpaired) electrons. The van der Waals surface area contributed by atoms with Crippen LogP contribution in [0.4, 0.5) is 4.39 Å². The Hall–Kier alpha value is -1.46. The molecule has 3 fully saturated rings. The van der Waals surface area contributed by atoms with Crippen molar-refractivity contribution in [2.24, 2.45) is 11.3 Å². The lowest BCUT2D eigenvalue weighted by atomic mass is 9.76. The summed E-state index contributed by atoms with van der Waals surface area (Å²) in [7, 11) is 0. The van der Waals surface area contributed by atoms with E-state index in [2.05, 4.69) is 0 Å². The van der Waals surface area contributed by atoms with Gasteiger partial charge in [-0.3, -0.25) is 4.79 Å². The molecule has 0 aromatic heterocycles. The van der Waals surface area contributed by atoms with Gasteiger partial charge in [-0.15, -0.1) is 0 Å². The highest BCUT2D eigenvalue weighted by Gasteiger charge is 2.51. The number of hydrogen-bond acceptors (Lipinski definition) is 3. The molecule has 4 nitrogen and oxygen atoms in total. The zero-order valence-electron chi connectivity index (χ0n) is 13.9. The first-order valence-corrected chi connectivity index (χ1v) is 8.86. The van der Waals surface area contributed by atoms with Crippen molar-refractivity contribution in [2.45, 2.75) is 31.8 Å². The van der Waals surface area contributed by atoms with E-state index in [1.807, 2.05) is 11.0 Å². The van der Waals surface area contributed by atoms with Gasteiger partial charge in [0.15, 0.2) is 0 Å². The van der Waals surface area contributed by atoms with Gasteiger partial charge in [0.05, 0.1) is 12.7 Å². The number of carbonyl (C=O) groups is 1. The molecule has 3 aliphatic rings. The van der Waals surface area contributed by atoms with E-state index in [0.717, 1.165) is 44.3 Å². The molecule has 1 atom stereocenters. The molecule has 1 amide bonds. The number of likely N-dealkylation sites (tertiary alicyclic amines) is 1. The van der Waals surface area contributed by atoms with Crippen molar-refractivity contribution in [1.29, 1.82) is 0 Å². The fourth-order valence-corrected chi connectivity index (χ4v) is 4.30. The molecule has 3 saturated heterocycles. The molecular formula is C19H24FNO3. The van der Waals surface area contributed by atoms with Gasteiger partial charge >= 0.3 is 0 Å². The molecule has 0 saturated carbocycles. The molecule has 1 aromatic carbocycles. The van der Waals surface area contributed by atoms with Crippen molar-refractivity contribution >= 4 is 5.91 Å². The fourth-order valence-electron chi connectivity index (χ4n) is 4.30. The summed E-state index contributed by atoms with van der Waals surface area (Å²) in [4.78, 5) is 14.5. The second-order valence-electron chi connectivity index (χ2n) is 7.55. The molecule has 130 valence electrons. The summed E-state index contributed by atoms with van der Waals surface area (Å²) in [5.41, 5.74) is 1.10. The van der Waals surface area contributed by atoms with Gasteiger partial charge in [0.1, 0.15) is 5.82 Å². The van der Waals surface area contributed by atoms with Gasteiger partial charge in [-0.05, 0) is 43.4 Å². The number of ether oxygens (including phenoxy) is 2. The van der Waals surface area contributed by atoms with Crippen LogP contribution in [0.5, 0.6) is 0 Å². The maximum absolute atomic E-state index is 13.3. The largest absolute Gasteiger partial charge is 0.381 e. The highest BCUT2D eigenvalue weighted by atomic mass is 19.1. The summed E-state index contributed by atoms with van der Waals surface area (Å²) in [6.07, 6.45) is 3.53. The molecule has 3 heterocycles. The third-order valence-electron chi connectivity index (χ3n) is 5.57. The molecule has 0 bridgehead atoms. The van der Waals surface area contributed by atoms with Crippen molar-refractivity contribution in [3.63, 3.8) is 0 Å². The monoisotopic (exact) mass is 333 g/mol. The van der Waals surface area contributed by atoms with Crippen LogP contribution in [0.3, 0.4) is 0 Å². The highest BCUT2D eigenvalue weighted by Crippen LogP contribution is 2.42. The molecule has 1 aromatic rings. The number of benzene rings is 1. The van der Waals surface area contributed by atoms with Gasteiger partial charge in [-0.25, -0.2) is 4.39 Å². The minimum atomic E-state index is -0.197. The lowest BCUT2D eigenvalue weighted by Crippen LogP contribution is -2.60. The smallest absolute Gasteiger partial charge is 0.225 e. The highest BCUT2D eigenvalue weighted by molar-refractivity contribution is 5.80. The number of amides is 1. The van der Waals surface area contributed by atoms with Crippen LogP contribution in [0.2, 0.25) is 0 Å². The Labute approximate surface area is 141 Å². The molecule has 0 aliphatic carbocycles. The molecule has 24 heavy (non-hydrogen) atoms. The Morgan fingerprint density at radius 2 is 2.08 bits per heavy atom. The Bertz CT molecular complexity index is 608. The molecular weight excluding hydrogens is 309 g/mol. The van der Waals surface area contributed by atoms with Crippen molar-refractivity contribution in [1.82, 2.24) is 4.90 Å². The predicted molar refractivity (Wildman–Crippen MR) is 87.0 cm³/mol. The van der Waals surface area contributed by atoms with Gasteiger partial charge in [0.25, 0.3) is 0 Å². The van der Waals surface area contributed by atoms with Crippen molar-refractivity contribution in [3.05, 3.63) is 35.6 Å². The first-order valence-electron chi connectivity index (χ1n) is 8.86. The van der Waals surface area contributed by atoms with Crippen LogP contribution in [0.1, 0.15) is 24.8 Å². The zero-order chi connectivity index (χ0) is 16.6. The quantitative estimate of drug-likeness (QED) is 0.853. The maximum Gasteiger partial charge on any atom is 0.225 e. The number of carbonyl (C=O) groups excluding carboxylic acids is 1. The van der Waals surface area contributed by atoms with Crippen LogP contribution in [0.25, 0.3) is 0 Å². The van der Waals surface area contributed by atoms with E-state index in [-0.39, 0.29) is 29.2 Å². The van der Waals surface area contributed by atoms with E-state index in [1.165, 1.54) is 6.07 Å². The zero-order valence-corrected chi connectivity index (χ0v) is 13.9.